The maximum Gasteiger partial charge on any atom is 0.224 e. The smallest absolute Gasteiger partial charge is 0.224 e. The summed E-state index contributed by atoms with van der Waals surface area (Å²) >= 11 is 0. The van der Waals surface area contributed by atoms with Crippen LogP contribution in [-0.2, 0) is 0 Å². The van der Waals surface area contributed by atoms with Gasteiger partial charge in [-0.1, -0.05) is 6.07 Å². The molecule has 0 aromatic carbocycles. The lowest BCUT2D eigenvalue weighted by Crippen LogP contribution is -2.07. The van der Waals surface area contributed by atoms with Crippen LogP contribution in [0.15, 0.2) is 30.7 Å². The Hall–Kier alpha value is -1.88. The molecule has 0 radical (unpaired) electrons. The quantitative estimate of drug-likeness (QED) is 0.900. The minimum atomic E-state index is -0.117. The largest absolute Gasteiger partial charge is 0.435 e. The van der Waals surface area contributed by atoms with Crippen molar-refractivity contribution in [3.63, 3.8) is 0 Å². The van der Waals surface area contributed by atoms with Crippen LogP contribution in [0.1, 0.15) is 38.4 Å². The normalized spacial score (nSPS) is 12.7. The van der Waals surface area contributed by atoms with Crippen molar-refractivity contribution in [2.45, 2.75) is 32.9 Å². The third-order valence-corrected chi connectivity index (χ3v) is 2.61. The lowest BCUT2D eigenvalue weighted by molar-refractivity contribution is 0.449. The Balaban J connectivity index is 2.23. The first-order valence-electron chi connectivity index (χ1n) is 6.00. The molecule has 0 aliphatic rings. The molecular formula is C13H18N4O. The van der Waals surface area contributed by atoms with Gasteiger partial charge in [-0.3, -0.25) is 4.68 Å². The van der Waals surface area contributed by atoms with E-state index in [1.54, 1.807) is 12.4 Å². The zero-order valence-electron chi connectivity index (χ0n) is 10.9. The topological polar surface area (TPSA) is 66.0 Å². The number of nitrogens with zero attached hydrogens (tertiary/aromatic N) is 3. The molecule has 0 spiro atoms. The Morgan fingerprint density at radius 2 is 2.11 bits per heavy atom. The van der Waals surface area contributed by atoms with E-state index in [1.165, 1.54) is 0 Å². The summed E-state index contributed by atoms with van der Waals surface area (Å²) in [6.07, 6.45) is 5.22. The van der Waals surface area contributed by atoms with Crippen LogP contribution in [0.3, 0.4) is 0 Å². The van der Waals surface area contributed by atoms with Gasteiger partial charge in [0, 0.05) is 23.8 Å². The van der Waals surface area contributed by atoms with Crippen LogP contribution in [0.25, 0.3) is 0 Å². The molecule has 0 fully saturated rings. The molecular weight excluding hydrogens is 228 g/mol. The molecule has 0 amide bonds. The van der Waals surface area contributed by atoms with Gasteiger partial charge in [0.2, 0.25) is 5.88 Å². The number of aromatic nitrogens is 3. The fourth-order valence-corrected chi connectivity index (χ4v) is 1.60. The molecule has 0 saturated heterocycles. The van der Waals surface area contributed by atoms with E-state index in [4.69, 9.17) is 10.5 Å². The van der Waals surface area contributed by atoms with E-state index in [1.807, 2.05) is 29.9 Å². The standard InChI is InChI=1S/C13H18N4O/c1-9(2)17-8-11(7-16-17)18-13-12(10(3)14)5-4-6-15-13/h4-10H,14H2,1-3H3. The summed E-state index contributed by atoms with van der Waals surface area (Å²) in [7, 11) is 0. The first-order valence-corrected chi connectivity index (χ1v) is 6.00. The number of pyridine rings is 1. The summed E-state index contributed by atoms with van der Waals surface area (Å²) in [5, 5.41) is 4.22. The van der Waals surface area contributed by atoms with E-state index >= 15 is 0 Å². The molecule has 2 aromatic heterocycles. The monoisotopic (exact) mass is 246 g/mol. The van der Waals surface area contributed by atoms with Gasteiger partial charge in [0.1, 0.15) is 0 Å². The second-order valence-electron chi connectivity index (χ2n) is 4.54. The van der Waals surface area contributed by atoms with Gasteiger partial charge in [-0.15, -0.1) is 0 Å². The molecule has 5 nitrogen and oxygen atoms in total. The van der Waals surface area contributed by atoms with Crippen molar-refractivity contribution in [1.29, 1.82) is 0 Å². The predicted molar refractivity (Wildman–Crippen MR) is 69.5 cm³/mol. The lowest BCUT2D eigenvalue weighted by atomic mass is 10.1. The maximum absolute atomic E-state index is 5.88. The Morgan fingerprint density at radius 3 is 2.72 bits per heavy atom. The number of ether oxygens (including phenoxy) is 1. The summed E-state index contributed by atoms with van der Waals surface area (Å²) in [6.45, 7) is 6.03. The maximum atomic E-state index is 5.88. The molecule has 0 aliphatic heterocycles. The summed E-state index contributed by atoms with van der Waals surface area (Å²) < 4.78 is 7.56. The van der Waals surface area contributed by atoms with Crippen molar-refractivity contribution in [1.82, 2.24) is 14.8 Å². The second kappa shape index (κ2) is 5.18. The first-order chi connectivity index (χ1) is 8.58. The van der Waals surface area contributed by atoms with Crippen LogP contribution < -0.4 is 10.5 Å². The third-order valence-electron chi connectivity index (χ3n) is 2.61. The average molecular weight is 246 g/mol. The highest BCUT2D eigenvalue weighted by Gasteiger charge is 2.11. The van der Waals surface area contributed by atoms with Crippen LogP contribution in [0, 0.1) is 0 Å². The minimum absolute atomic E-state index is 0.117. The van der Waals surface area contributed by atoms with E-state index in [0.29, 0.717) is 17.7 Å². The molecule has 2 N–H and O–H groups in total. The summed E-state index contributed by atoms with van der Waals surface area (Å²) in [5.74, 6) is 1.21. The van der Waals surface area contributed by atoms with Gasteiger partial charge in [-0.05, 0) is 26.8 Å². The van der Waals surface area contributed by atoms with Gasteiger partial charge in [0.05, 0.1) is 12.4 Å². The Bertz CT molecular complexity index is 519. The van der Waals surface area contributed by atoms with E-state index < -0.39 is 0 Å². The van der Waals surface area contributed by atoms with Crippen LogP contribution in [0.5, 0.6) is 11.6 Å². The molecule has 1 unspecified atom stereocenters. The summed E-state index contributed by atoms with van der Waals surface area (Å²) in [4.78, 5) is 4.21. The number of nitrogens with two attached hydrogens (primary N) is 1. The molecule has 2 aromatic rings. The zero-order chi connectivity index (χ0) is 13.1. The van der Waals surface area contributed by atoms with Crippen LogP contribution in [0.2, 0.25) is 0 Å². The van der Waals surface area contributed by atoms with E-state index in [2.05, 4.69) is 23.9 Å². The van der Waals surface area contributed by atoms with Gasteiger partial charge in [0.15, 0.2) is 5.75 Å². The average Bonchev–Trinajstić information content (AvgIpc) is 2.78. The lowest BCUT2D eigenvalue weighted by Gasteiger charge is -2.10. The van der Waals surface area contributed by atoms with Crippen LogP contribution in [0.4, 0.5) is 0 Å². The second-order valence-corrected chi connectivity index (χ2v) is 4.54. The summed E-state index contributed by atoms with van der Waals surface area (Å²) in [5.41, 5.74) is 6.76. The van der Waals surface area contributed by atoms with Crippen molar-refractivity contribution in [3.8, 4) is 11.6 Å². The van der Waals surface area contributed by atoms with E-state index in [0.717, 1.165) is 5.56 Å². The molecule has 0 bridgehead atoms. The van der Waals surface area contributed by atoms with E-state index in [-0.39, 0.29) is 6.04 Å². The predicted octanol–water partition coefficient (Wildman–Crippen LogP) is 2.67. The first kappa shape index (κ1) is 12.6. The minimum Gasteiger partial charge on any atom is -0.435 e. The molecule has 1 atom stereocenters. The van der Waals surface area contributed by atoms with Crippen molar-refractivity contribution >= 4 is 0 Å². The van der Waals surface area contributed by atoms with Crippen molar-refractivity contribution in [3.05, 3.63) is 36.3 Å². The zero-order valence-corrected chi connectivity index (χ0v) is 10.9. The molecule has 2 heterocycles. The van der Waals surface area contributed by atoms with Gasteiger partial charge in [-0.25, -0.2) is 4.98 Å². The van der Waals surface area contributed by atoms with Crippen molar-refractivity contribution in [2.75, 3.05) is 0 Å². The highest BCUT2D eigenvalue weighted by Crippen LogP contribution is 2.26. The fourth-order valence-electron chi connectivity index (χ4n) is 1.60. The van der Waals surface area contributed by atoms with Crippen molar-refractivity contribution in [2.24, 2.45) is 5.73 Å². The number of hydrogen-bond acceptors (Lipinski definition) is 4. The van der Waals surface area contributed by atoms with E-state index in [9.17, 15) is 0 Å². The third kappa shape index (κ3) is 2.68. The van der Waals surface area contributed by atoms with Crippen molar-refractivity contribution < 1.29 is 4.74 Å². The Kier molecular flexibility index (Phi) is 3.62. The van der Waals surface area contributed by atoms with Gasteiger partial charge in [0.25, 0.3) is 0 Å². The highest BCUT2D eigenvalue weighted by atomic mass is 16.5. The summed E-state index contributed by atoms with van der Waals surface area (Å²) in [6, 6.07) is 3.95. The van der Waals surface area contributed by atoms with Crippen LogP contribution >= 0.6 is 0 Å². The molecule has 0 saturated carbocycles. The molecule has 0 aliphatic carbocycles. The Morgan fingerprint density at radius 1 is 1.33 bits per heavy atom. The van der Waals surface area contributed by atoms with Gasteiger partial charge in [-0.2, -0.15) is 5.10 Å². The number of rotatable bonds is 4. The molecule has 18 heavy (non-hydrogen) atoms. The molecule has 96 valence electrons. The van der Waals surface area contributed by atoms with Crippen LogP contribution in [-0.4, -0.2) is 14.8 Å². The highest BCUT2D eigenvalue weighted by molar-refractivity contribution is 5.32. The number of hydrogen-bond donors (Lipinski definition) is 1. The Labute approximate surface area is 107 Å². The fraction of sp³-hybridized carbons (Fsp3) is 0.385. The molecule has 2 rings (SSSR count). The molecule has 5 heteroatoms. The van der Waals surface area contributed by atoms with Gasteiger partial charge < -0.3 is 10.5 Å². The SMILES string of the molecule is CC(N)c1cccnc1Oc1cnn(C(C)C)c1. The van der Waals surface area contributed by atoms with Gasteiger partial charge >= 0.3 is 0 Å².